The molecule has 0 aromatic heterocycles. The maximum atomic E-state index is 13.8. The number of nitrogens with zero attached hydrogens (tertiary/aromatic N) is 3. The molecule has 3 aliphatic heterocycles. The molecule has 2 aromatic carbocycles. The molecule has 0 radical (unpaired) electrons. The van der Waals surface area contributed by atoms with Crippen molar-refractivity contribution in [3.63, 3.8) is 0 Å². The van der Waals surface area contributed by atoms with E-state index in [1.807, 2.05) is 57.2 Å². The Kier molecular flexibility index (Phi) is 4.45. The highest BCUT2D eigenvalue weighted by atomic mass is 16.5. The highest BCUT2D eigenvalue weighted by molar-refractivity contribution is 6.24. The Morgan fingerprint density at radius 1 is 0.867 bits per heavy atom. The summed E-state index contributed by atoms with van der Waals surface area (Å²) in [5.74, 6) is 0.206. The van der Waals surface area contributed by atoms with Crippen molar-refractivity contribution in [1.82, 2.24) is 10.0 Å². The number of imide groups is 1. The third-order valence-electron chi connectivity index (χ3n) is 6.72. The van der Waals surface area contributed by atoms with Crippen LogP contribution in [-0.4, -0.2) is 48.1 Å². The lowest BCUT2D eigenvalue weighted by Crippen LogP contribution is -2.44. The number of rotatable bonds is 3. The smallest absolute Gasteiger partial charge is 0.253 e. The fourth-order valence-electron chi connectivity index (χ4n) is 5.66. The fourth-order valence-corrected chi connectivity index (χ4v) is 5.66. The molecule has 0 spiro atoms. The second-order valence-corrected chi connectivity index (χ2v) is 8.63. The van der Waals surface area contributed by atoms with Gasteiger partial charge in [0.05, 0.1) is 24.8 Å². The van der Waals surface area contributed by atoms with Crippen LogP contribution in [0.25, 0.3) is 0 Å². The quantitative estimate of drug-likeness (QED) is 0.735. The number of hydrazine groups is 1. The van der Waals surface area contributed by atoms with Gasteiger partial charge in [-0.3, -0.25) is 9.59 Å². The Balaban J connectivity index is 1.59. The minimum absolute atomic E-state index is 0.0877. The van der Waals surface area contributed by atoms with Crippen molar-refractivity contribution in [2.24, 2.45) is 5.92 Å². The van der Waals surface area contributed by atoms with Crippen LogP contribution in [0.4, 0.5) is 5.69 Å². The van der Waals surface area contributed by atoms with Gasteiger partial charge in [0.25, 0.3) is 5.91 Å². The number of anilines is 1. The number of carbonyl (C=O) groups is 2. The van der Waals surface area contributed by atoms with Crippen molar-refractivity contribution in [3.8, 4) is 5.75 Å². The van der Waals surface area contributed by atoms with Crippen LogP contribution in [0.5, 0.6) is 5.75 Å². The molecule has 3 fully saturated rings. The van der Waals surface area contributed by atoms with Crippen LogP contribution in [0.3, 0.4) is 0 Å². The molecule has 0 aliphatic carbocycles. The number of aryl methyl sites for hydroxylation is 3. The van der Waals surface area contributed by atoms with Crippen molar-refractivity contribution in [1.29, 1.82) is 0 Å². The van der Waals surface area contributed by atoms with Crippen LogP contribution in [0.15, 0.2) is 36.4 Å². The SMILES string of the molecule is COc1ccc([C@@H]2[C@@H]3C(=O)N(c4c(C)cc(C)cc4C)C(=O)[C@@H]3N3CCCN23)cc1. The van der Waals surface area contributed by atoms with Gasteiger partial charge in [-0.15, -0.1) is 0 Å². The van der Waals surface area contributed by atoms with Crippen LogP contribution < -0.4 is 9.64 Å². The van der Waals surface area contributed by atoms with E-state index in [1.165, 1.54) is 4.90 Å². The summed E-state index contributed by atoms with van der Waals surface area (Å²) in [4.78, 5) is 28.8. The number of hydrogen-bond acceptors (Lipinski definition) is 5. The van der Waals surface area contributed by atoms with Crippen LogP contribution in [0, 0.1) is 26.7 Å². The zero-order valence-electron chi connectivity index (χ0n) is 17.9. The average Bonchev–Trinajstić information content (AvgIpc) is 3.35. The van der Waals surface area contributed by atoms with Gasteiger partial charge in [0.2, 0.25) is 5.91 Å². The van der Waals surface area contributed by atoms with Gasteiger partial charge < -0.3 is 4.74 Å². The van der Waals surface area contributed by atoms with Gasteiger partial charge in [-0.05, 0) is 56.0 Å². The molecule has 3 aliphatic rings. The number of methoxy groups -OCH3 is 1. The van der Waals surface area contributed by atoms with Gasteiger partial charge in [-0.1, -0.05) is 29.8 Å². The molecular weight excluding hydrogens is 378 g/mol. The molecule has 6 heteroatoms. The first kappa shape index (κ1) is 19.3. The van der Waals surface area contributed by atoms with E-state index in [4.69, 9.17) is 4.74 Å². The van der Waals surface area contributed by atoms with E-state index < -0.39 is 12.0 Å². The Bertz CT molecular complexity index is 1010. The molecule has 0 saturated carbocycles. The van der Waals surface area contributed by atoms with Gasteiger partial charge in [-0.25, -0.2) is 14.9 Å². The summed E-state index contributed by atoms with van der Waals surface area (Å²) in [5.41, 5.74) is 4.87. The van der Waals surface area contributed by atoms with Crippen molar-refractivity contribution in [2.75, 3.05) is 25.1 Å². The molecule has 3 heterocycles. The fraction of sp³-hybridized carbons (Fsp3) is 0.417. The van der Waals surface area contributed by atoms with Crippen molar-refractivity contribution in [3.05, 3.63) is 58.7 Å². The van der Waals surface area contributed by atoms with Crippen LogP contribution in [0.2, 0.25) is 0 Å². The van der Waals surface area contributed by atoms with E-state index in [0.29, 0.717) is 0 Å². The molecule has 30 heavy (non-hydrogen) atoms. The van der Waals surface area contributed by atoms with Crippen molar-refractivity contribution < 1.29 is 14.3 Å². The predicted molar refractivity (Wildman–Crippen MR) is 114 cm³/mol. The van der Waals surface area contributed by atoms with Crippen molar-refractivity contribution in [2.45, 2.75) is 39.3 Å². The minimum atomic E-state index is -0.424. The standard InChI is InChI=1S/C24H27N3O3/c1-14-12-15(2)20(16(3)13-14)27-23(28)19-21(17-6-8-18(30-4)9-7-17)25-10-5-11-26(25)22(19)24(27)29/h6-9,12-13,19,21-22H,5,10-11H2,1-4H3/t19-,21+,22+/m0/s1. The van der Waals surface area contributed by atoms with E-state index in [1.54, 1.807) is 7.11 Å². The van der Waals surface area contributed by atoms with Crippen LogP contribution in [0.1, 0.15) is 34.7 Å². The summed E-state index contributed by atoms with van der Waals surface area (Å²) >= 11 is 0. The molecule has 2 amide bonds. The second kappa shape index (κ2) is 6.93. The number of hydrogen-bond donors (Lipinski definition) is 0. The lowest BCUT2D eigenvalue weighted by atomic mass is 9.90. The normalized spacial score (nSPS) is 26.4. The zero-order valence-corrected chi connectivity index (χ0v) is 17.9. The van der Waals surface area contributed by atoms with Crippen LogP contribution in [-0.2, 0) is 9.59 Å². The Labute approximate surface area is 177 Å². The molecule has 6 nitrogen and oxygen atoms in total. The average molecular weight is 405 g/mol. The highest BCUT2D eigenvalue weighted by Gasteiger charge is 2.63. The molecule has 3 atom stereocenters. The third kappa shape index (κ3) is 2.63. The van der Waals surface area contributed by atoms with E-state index in [2.05, 4.69) is 10.0 Å². The summed E-state index contributed by atoms with van der Waals surface area (Å²) in [5, 5.41) is 4.37. The monoisotopic (exact) mass is 405 g/mol. The second-order valence-electron chi connectivity index (χ2n) is 8.63. The summed E-state index contributed by atoms with van der Waals surface area (Å²) in [7, 11) is 1.64. The number of ether oxygens (including phenoxy) is 1. The zero-order chi connectivity index (χ0) is 21.2. The van der Waals surface area contributed by atoms with E-state index >= 15 is 0 Å². The predicted octanol–water partition coefficient (Wildman–Crippen LogP) is 3.16. The molecule has 156 valence electrons. The number of benzene rings is 2. The molecule has 0 unspecified atom stereocenters. The van der Waals surface area contributed by atoms with E-state index in [0.717, 1.165) is 53.2 Å². The Morgan fingerprint density at radius 2 is 1.47 bits per heavy atom. The summed E-state index contributed by atoms with van der Waals surface area (Å²) < 4.78 is 5.30. The van der Waals surface area contributed by atoms with Gasteiger partial charge >= 0.3 is 0 Å². The maximum Gasteiger partial charge on any atom is 0.253 e. The number of amides is 2. The first-order valence-electron chi connectivity index (χ1n) is 10.5. The van der Waals surface area contributed by atoms with Crippen LogP contribution >= 0.6 is 0 Å². The lowest BCUT2D eigenvalue weighted by molar-refractivity contribution is -0.126. The maximum absolute atomic E-state index is 13.8. The number of fused-ring (bicyclic) bond motifs is 3. The lowest BCUT2D eigenvalue weighted by Gasteiger charge is -2.30. The molecule has 5 rings (SSSR count). The van der Waals surface area contributed by atoms with E-state index in [9.17, 15) is 9.59 Å². The molecule has 3 saturated heterocycles. The summed E-state index contributed by atoms with van der Waals surface area (Å²) in [6.45, 7) is 7.67. The number of carbonyl (C=O) groups excluding carboxylic acids is 2. The van der Waals surface area contributed by atoms with E-state index in [-0.39, 0.29) is 17.9 Å². The molecule has 0 bridgehead atoms. The Hall–Kier alpha value is -2.70. The molecular formula is C24H27N3O3. The van der Waals surface area contributed by atoms with Gasteiger partial charge in [0, 0.05) is 13.1 Å². The van der Waals surface area contributed by atoms with Gasteiger partial charge in [-0.2, -0.15) is 0 Å². The van der Waals surface area contributed by atoms with Gasteiger partial charge in [0.15, 0.2) is 0 Å². The first-order valence-corrected chi connectivity index (χ1v) is 10.5. The Morgan fingerprint density at radius 3 is 2.07 bits per heavy atom. The topological polar surface area (TPSA) is 53.1 Å². The molecule has 0 N–H and O–H groups in total. The molecule has 2 aromatic rings. The first-order chi connectivity index (χ1) is 14.4. The minimum Gasteiger partial charge on any atom is -0.497 e. The summed E-state index contributed by atoms with van der Waals surface area (Å²) in [6, 6.07) is 11.4. The van der Waals surface area contributed by atoms with Crippen molar-refractivity contribution >= 4 is 17.5 Å². The highest BCUT2D eigenvalue weighted by Crippen LogP contribution is 2.49. The third-order valence-corrected chi connectivity index (χ3v) is 6.72. The van der Waals surface area contributed by atoms with Gasteiger partial charge in [0.1, 0.15) is 11.8 Å². The summed E-state index contributed by atoms with van der Waals surface area (Å²) in [6.07, 6.45) is 1.000. The largest absolute Gasteiger partial charge is 0.497 e.